The van der Waals surface area contributed by atoms with Crippen molar-refractivity contribution in [1.82, 2.24) is 16.0 Å². The number of alkyl halides is 18. The van der Waals surface area contributed by atoms with Crippen molar-refractivity contribution in [3.63, 3.8) is 0 Å². The van der Waals surface area contributed by atoms with Crippen LogP contribution in [0.3, 0.4) is 0 Å². The molecule has 0 bridgehead atoms. The second-order valence-electron chi connectivity index (χ2n) is 28.4. The van der Waals surface area contributed by atoms with E-state index in [2.05, 4.69) is 70.5 Å². The zero-order valence-corrected chi connectivity index (χ0v) is 65.0. The molecule has 3 radical (unpaired) electrons. The van der Waals surface area contributed by atoms with Crippen molar-refractivity contribution in [3.8, 4) is 0 Å². The maximum atomic E-state index is 13.0. The van der Waals surface area contributed by atoms with Gasteiger partial charge in [0.05, 0.1) is 33.4 Å². The van der Waals surface area contributed by atoms with Crippen molar-refractivity contribution in [2.24, 2.45) is 47.2 Å². The number of halogens is 18. The van der Waals surface area contributed by atoms with Gasteiger partial charge in [-0.3, -0.25) is 24.0 Å². The van der Waals surface area contributed by atoms with Crippen molar-refractivity contribution in [3.05, 3.63) is 140 Å². The van der Waals surface area contributed by atoms with Crippen LogP contribution in [-0.2, 0) is 105 Å². The number of nitrogens with two attached hydrogens (primary N) is 1. The van der Waals surface area contributed by atoms with Gasteiger partial charge in [-0.1, -0.05) is 34.9 Å². The fourth-order valence-corrected chi connectivity index (χ4v) is 14.0. The van der Waals surface area contributed by atoms with Gasteiger partial charge in [-0.25, -0.2) is 19.4 Å². The van der Waals surface area contributed by atoms with Gasteiger partial charge in [0.15, 0.2) is 0 Å². The van der Waals surface area contributed by atoms with Gasteiger partial charge >= 0.3 is 78.6 Å². The fraction of sp³-hybridized carbons (Fsp3) is 0.597. The van der Waals surface area contributed by atoms with Crippen LogP contribution in [0.15, 0.2) is 89.5 Å². The summed E-state index contributed by atoms with van der Waals surface area (Å²) in [5, 5.41) is 7.50. The van der Waals surface area contributed by atoms with Crippen LogP contribution in [0, 0.1) is 41.4 Å². The van der Waals surface area contributed by atoms with Gasteiger partial charge in [0.2, 0.25) is 23.7 Å². The normalized spacial score (nSPS) is 21.3. The molecular weight excluding hydrogens is 1520 g/mol. The molecule has 6 aliphatic rings. The van der Waals surface area contributed by atoms with Crippen LogP contribution in [0.2, 0.25) is 0 Å². The van der Waals surface area contributed by atoms with Crippen molar-refractivity contribution in [2.45, 2.75) is 252 Å². The van der Waals surface area contributed by atoms with Crippen LogP contribution in [0.25, 0.3) is 0 Å². The van der Waals surface area contributed by atoms with Crippen LogP contribution < -0.4 is 51.2 Å². The Morgan fingerprint density at radius 3 is 0.865 bits per heavy atom. The first-order chi connectivity index (χ1) is 51.1. The van der Waals surface area contributed by atoms with E-state index in [9.17, 15) is 113 Å². The minimum atomic E-state index is -4.90. The van der Waals surface area contributed by atoms with Crippen LogP contribution in [-0.4, -0.2) is 55.5 Å². The Labute approximate surface area is 657 Å². The molecule has 6 aliphatic carbocycles. The number of benzene rings is 3. The summed E-state index contributed by atoms with van der Waals surface area (Å²) < 4.78 is 236. The minimum absolute atomic E-state index is 0. The van der Waals surface area contributed by atoms with Gasteiger partial charge < -0.3 is 34.4 Å². The van der Waals surface area contributed by atoms with Gasteiger partial charge in [0.1, 0.15) is 5.78 Å². The predicted molar refractivity (Wildman–Crippen MR) is 371 cm³/mol. The molecule has 6 atom stereocenters. The second kappa shape index (κ2) is 45.3. The summed E-state index contributed by atoms with van der Waals surface area (Å²) in [6.45, 7) is 8.58. The Bertz CT molecular complexity index is 3370. The number of rotatable bonds is 13. The van der Waals surface area contributed by atoms with E-state index in [1.807, 2.05) is 6.92 Å². The maximum Gasteiger partial charge on any atom is 1.00 e. The predicted octanol–water partition coefficient (Wildman–Crippen LogP) is 16.8. The summed E-state index contributed by atoms with van der Waals surface area (Å²) in [5.74, 6) is -0.899. The van der Waals surface area contributed by atoms with Gasteiger partial charge in [0.25, 0.3) is 0 Å². The molecule has 0 heterocycles. The first kappa shape index (κ1) is 98.3. The van der Waals surface area contributed by atoms with Crippen LogP contribution in [0.4, 0.5) is 79.0 Å². The molecule has 3 aromatic carbocycles. The van der Waals surface area contributed by atoms with Crippen molar-refractivity contribution in [2.75, 3.05) is 0 Å². The van der Waals surface area contributed by atoms with Gasteiger partial charge in [-0.2, -0.15) is 79.0 Å². The fourth-order valence-electron chi connectivity index (χ4n) is 14.0. The molecule has 9 rings (SSSR count). The third-order valence-electron chi connectivity index (χ3n) is 20.0. The number of carbonyl (C=O) groups excluding carboxylic acids is 7. The zero-order valence-electron chi connectivity index (χ0n) is 63.0. The topological polar surface area (TPSA) is 209 Å². The molecular formula is C77H95BF18N4NaO10. The molecule has 0 saturated heterocycles. The van der Waals surface area contributed by atoms with Crippen LogP contribution >= 0.6 is 0 Å². The quantitative estimate of drug-likeness (QED) is 0.0416. The summed E-state index contributed by atoms with van der Waals surface area (Å²) in [6, 6.07) is 4.00. The molecule has 6 fully saturated rings. The van der Waals surface area contributed by atoms with Crippen LogP contribution in [0.5, 0.6) is 0 Å². The van der Waals surface area contributed by atoms with Gasteiger partial charge in [-0.15, -0.1) is 0 Å². The molecule has 0 spiro atoms. The van der Waals surface area contributed by atoms with Crippen LogP contribution in [0.1, 0.15) is 239 Å². The molecule has 3 amide bonds. The van der Waals surface area contributed by atoms with E-state index in [1.165, 1.54) is 49.3 Å². The first-order valence-corrected chi connectivity index (χ1v) is 36.2. The smallest absolute Gasteiger partial charge is 0.793 e. The Balaban J connectivity index is 0.000000379. The van der Waals surface area contributed by atoms with Crippen molar-refractivity contribution < 1.29 is 157 Å². The molecule has 3 aromatic rings. The number of hydrogen-bond acceptors (Lipinski definition) is 11. The summed E-state index contributed by atoms with van der Waals surface area (Å²) in [6.07, 6.45) is -1.49. The molecule has 34 heteroatoms. The number of hydrogen-bond donors (Lipinski definition) is 4. The van der Waals surface area contributed by atoms with Crippen molar-refractivity contribution >= 4 is 49.5 Å². The van der Waals surface area contributed by atoms with Crippen molar-refractivity contribution in [1.29, 1.82) is 0 Å². The molecule has 6 saturated carbocycles. The number of carbonyl (C=O) groups is 7. The molecule has 0 unspecified atom stereocenters. The average molecular weight is 1610 g/mol. The van der Waals surface area contributed by atoms with E-state index in [-0.39, 0.29) is 113 Å². The third kappa shape index (κ3) is 36.4. The Hall–Kier alpha value is -6.87. The molecule has 0 aromatic heterocycles. The Kier molecular flexibility index (Phi) is 40.1. The Morgan fingerprint density at radius 1 is 0.387 bits per heavy atom. The van der Waals surface area contributed by atoms with E-state index >= 15 is 0 Å². The summed E-state index contributed by atoms with van der Waals surface area (Å²) >= 11 is 0. The number of amides is 3. The largest absolute Gasteiger partial charge is 1.00 e. The average Bonchev–Trinajstić information content (AvgIpc) is 1.50. The van der Waals surface area contributed by atoms with E-state index in [0.717, 1.165) is 104 Å². The molecule has 0 aliphatic heterocycles. The SMILES string of the molecule is CC(=O)OOC(C)=O.CC=C1CCC(=O)CC1.CC=C1CCC(C[C@@H]2CC[C@H](C(=O)NCc3cc(C(F)(F)F)cc(C(F)(F)F)c3)C2)CC1.CC=C1CCC(C[C@@H]2CC[C@H](C(=O)NCc3cc(C(F)(F)F)cc(C(F)(F)F)c3)C2)CC1.N[C@@H]1CC[C@H](C(=O)NCc2cc(C(F)(F)F)cc(C(F)(F)F)c2)C1.[B-]OC(C)=O.[Na+]. The van der Waals surface area contributed by atoms with E-state index in [1.54, 1.807) is 0 Å². The van der Waals surface area contributed by atoms with E-state index in [0.29, 0.717) is 98.0 Å². The summed E-state index contributed by atoms with van der Waals surface area (Å²) in [7, 11) is 4.32. The summed E-state index contributed by atoms with van der Waals surface area (Å²) in [5.41, 5.74) is 1.19. The number of nitrogens with one attached hydrogen (secondary N) is 3. The number of allylic oxidation sites excluding steroid dienone is 6. The molecule has 613 valence electrons. The number of Topliss-reactive ketones (excluding diaryl/α,β-unsaturated/α-hetero) is 1. The second-order valence-corrected chi connectivity index (χ2v) is 28.4. The Morgan fingerprint density at radius 2 is 0.640 bits per heavy atom. The van der Waals surface area contributed by atoms with Gasteiger partial charge in [-0.05, 0) is 251 Å². The zero-order chi connectivity index (χ0) is 82.7. The first-order valence-electron chi connectivity index (χ1n) is 36.2. The monoisotopic (exact) mass is 1610 g/mol. The van der Waals surface area contributed by atoms with Gasteiger partial charge in [0, 0.05) is 77.0 Å². The molecule has 5 N–H and O–H groups in total. The van der Waals surface area contributed by atoms with E-state index < -0.39 is 101 Å². The minimum Gasteiger partial charge on any atom is -0.793 e. The molecule has 111 heavy (non-hydrogen) atoms. The molecule has 14 nitrogen and oxygen atoms in total. The summed E-state index contributed by atoms with van der Waals surface area (Å²) in [4.78, 5) is 84.5. The maximum absolute atomic E-state index is 13.0. The third-order valence-corrected chi connectivity index (χ3v) is 20.0. The standard InChI is InChI=1S/2C24H29F6NO.C15H16F6N2O.C8H12O.C4H6O4.C2H3BO2.Na/c2*1-2-15-3-5-16(6-4-15)9-17-7-8-19(10-17)22(32)31-14-18-11-20(23(25,26)27)13-21(12-18)24(28,29)30;16-14(17,18)10-3-8(4-11(6-10)15(19,20)21)7-23-13(24)9-1-2-12(22)5-9;1-2-7-3-5-8(9)6-4-7;1-3(5)7-8-4(2)6;1-2(4)5-3;/h2*2,11-13,16-17,19H,3-10,14H2,1H3,(H,31,32);3-4,6,9,12H,1-2,5,7,22H2,(H,23,24);2H,3-6H2,1H3;1-2H3;1H3;/q;;;;;-1;+1/t2*16?,17-,19-;9-,12+;;;;/m000..../s1. The number of ketones is 1. The van der Waals surface area contributed by atoms with E-state index in [4.69, 9.17) is 5.73 Å².